The first-order valence-corrected chi connectivity index (χ1v) is 7.71. The number of nitrogens with one attached hydrogen (secondary N) is 1. The molecule has 0 saturated carbocycles. The minimum atomic E-state index is 0.379. The number of ether oxygens (including phenoxy) is 2. The first-order valence-electron chi connectivity index (χ1n) is 7.71. The molecule has 0 aromatic heterocycles. The predicted octanol–water partition coefficient (Wildman–Crippen LogP) is 4.01. The molecule has 0 spiro atoms. The van der Waals surface area contributed by atoms with Gasteiger partial charge in [0.1, 0.15) is 5.75 Å². The highest BCUT2D eigenvalue weighted by atomic mass is 16.5. The SMILES string of the molecule is CCOc1ccc(NC2CCOC(C(C)C)C2)c(C)c1. The van der Waals surface area contributed by atoms with Gasteiger partial charge in [0.25, 0.3) is 0 Å². The van der Waals surface area contributed by atoms with Crippen LogP contribution in [0.5, 0.6) is 5.75 Å². The first-order chi connectivity index (χ1) is 9.60. The fourth-order valence-electron chi connectivity index (χ4n) is 2.70. The Morgan fingerprint density at radius 2 is 2.20 bits per heavy atom. The number of aryl methyl sites for hydroxylation is 1. The maximum Gasteiger partial charge on any atom is 0.119 e. The van der Waals surface area contributed by atoms with E-state index in [0.717, 1.165) is 25.2 Å². The number of benzene rings is 1. The number of rotatable bonds is 5. The second kappa shape index (κ2) is 6.98. The summed E-state index contributed by atoms with van der Waals surface area (Å²) in [5.41, 5.74) is 2.45. The van der Waals surface area contributed by atoms with E-state index in [4.69, 9.17) is 9.47 Å². The molecule has 0 radical (unpaired) electrons. The monoisotopic (exact) mass is 277 g/mol. The summed E-state index contributed by atoms with van der Waals surface area (Å²) >= 11 is 0. The zero-order valence-electron chi connectivity index (χ0n) is 13.1. The highest BCUT2D eigenvalue weighted by Gasteiger charge is 2.24. The van der Waals surface area contributed by atoms with Crippen molar-refractivity contribution in [3.63, 3.8) is 0 Å². The third kappa shape index (κ3) is 3.89. The van der Waals surface area contributed by atoms with E-state index < -0.39 is 0 Å². The van der Waals surface area contributed by atoms with Crippen molar-refractivity contribution < 1.29 is 9.47 Å². The Balaban J connectivity index is 1.99. The Kier molecular flexibility index (Phi) is 5.30. The molecule has 3 heteroatoms. The molecule has 1 aliphatic heterocycles. The summed E-state index contributed by atoms with van der Waals surface area (Å²) in [5.74, 6) is 1.53. The Morgan fingerprint density at radius 1 is 1.40 bits per heavy atom. The Hall–Kier alpha value is -1.22. The molecule has 2 rings (SSSR count). The zero-order valence-corrected chi connectivity index (χ0v) is 13.1. The Bertz CT molecular complexity index is 431. The molecule has 0 bridgehead atoms. The van der Waals surface area contributed by atoms with Gasteiger partial charge in [-0.25, -0.2) is 0 Å². The van der Waals surface area contributed by atoms with Gasteiger partial charge in [0, 0.05) is 18.3 Å². The van der Waals surface area contributed by atoms with Crippen LogP contribution in [0, 0.1) is 12.8 Å². The molecule has 0 amide bonds. The topological polar surface area (TPSA) is 30.5 Å². The Morgan fingerprint density at radius 3 is 2.85 bits per heavy atom. The van der Waals surface area contributed by atoms with Gasteiger partial charge in [0.05, 0.1) is 12.7 Å². The molecule has 3 nitrogen and oxygen atoms in total. The lowest BCUT2D eigenvalue weighted by Gasteiger charge is -2.33. The normalized spacial score (nSPS) is 22.9. The van der Waals surface area contributed by atoms with Gasteiger partial charge in [-0.1, -0.05) is 13.8 Å². The van der Waals surface area contributed by atoms with E-state index >= 15 is 0 Å². The second-order valence-corrected chi connectivity index (χ2v) is 5.93. The summed E-state index contributed by atoms with van der Waals surface area (Å²) in [6.45, 7) is 10.2. The molecule has 0 aliphatic carbocycles. The van der Waals surface area contributed by atoms with Crippen LogP contribution in [0.3, 0.4) is 0 Å². The molecule has 1 saturated heterocycles. The van der Waals surface area contributed by atoms with Crippen LogP contribution in [0.25, 0.3) is 0 Å². The van der Waals surface area contributed by atoms with Crippen LogP contribution in [-0.4, -0.2) is 25.4 Å². The Labute approximate surface area is 122 Å². The molecule has 1 aromatic rings. The van der Waals surface area contributed by atoms with Crippen LogP contribution in [0.2, 0.25) is 0 Å². The number of anilines is 1. The fourth-order valence-corrected chi connectivity index (χ4v) is 2.70. The van der Waals surface area contributed by atoms with E-state index in [1.807, 2.05) is 13.0 Å². The van der Waals surface area contributed by atoms with E-state index in [-0.39, 0.29) is 0 Å². The summed E-state index contributed by atoms with van der Waals surface area (Å²) in [6.07, 6.45) is 2.55. The fraction of sp³-hybridized carbons (Fsp3) is 0.647. The first kappa shape index (κ1) is 15.2. The van der Waals surface area contributed by atoms with Crippen LogP contribution < -0.4 is 10.1 Å². The van der Waals surface area contributed by atoms with Gasteiger partial charge >= 0.3 is 0 Å². The maximum atomic E-state index is 5.83. The molecule has 20 heavy (non-hydrogen) atoms. The predicted molar refractivity (Wildman–Crippen MR) is 83.6 cm³/mol. The third-order valence-electron chi connectivity index (χ3n) is 3.93. The molecule has 1 fully saturated rings. The van der Waals surface area contributed by atoms with Crippen molar-refractivity contribution in [2.45, 2.75) is 52.7 Å². The molecule has 1 heterocycles. The highest BCUT2D eigenvalue weighted by molar-refractivity contribution is 5.54. The average molecular weight is 277 g/mol. The minimum absolute atomic E-state index is 0.379. The average Bonchev–Trinajstić information content (AvgIpc) is 2.42. The molecule has 1 aromatic carbocycles. The largest absolute Gasteiger partial charge is 0.494 e. The molecule has 2 unspecified atom stereocenters. The van der Waals surface area contributed by atoms with Gasteiger partial charge in [0.15, 0.2) is 0 Å². The van der Waals surface area contributed by atoms with Crippen molar-refractivity contribution in [1.29, 1.82) is 0 Å². The molecule has 1 aliphatic rings. The lowest BCUT2D eigenvalue weighted by molar-refractivity contribution is -0.0160. The number of hydrogen-bond donors (Lipinski definition) is 1. The summed E-state index contributed by atoms with van der Waals surface area (Å²) in [7, 11) is 0. The van der Waals surface area contributed by atoms with E-state index in [9.17, 15) is 0 Å². The molecule has 112 valence electrons. The van der Waals surface area contributed by atoms with Crippen LogP contribution in [0.15, 0.2) is 18.2 Å². The summed E-state index contributed by atoms with van der Waals surface area (Å²) in [5, 5.41) is 3.67. The zero-order chi connectivity index (χ0) is 14.5. The summed E-state index contributed by atoms with van der Waals surface area (Å²) < 4.78 is 11.4. The van der Waals surface area contributed by atoms with Crippen molar-refractivity contribution in [3.05, 3.63) is 23.8 Å². The lowest BCUT2D eigenvalue weighted by Crippen LogP contribution is -2.36. The number of hydrogen-bond acceptors (Lipinski definition) is 3. The third-order valence-corrected chi connectivity index (χ3v) is 3.93. The standard InChI is InChI=1S/C17H27NO2/c1-5-19-15-6-7-16(13(4)10-15)18-14-8-9-20-17(11-14)12(2)3/h6-7,10,12,14,17-18H,5,8-9,11H2,1-4H3. The summed E-state index contributed by atoms with van der Waals surface area (Å²) in [6, 6.07) is 6.77. The minimum Gasteiger partial charge on any atom is -0.494 e. The van der Waals surface area contributed by atoms with Gasteiger partial charge in [-0.3, -0.25) is 0 Å². The van der Waals surface area contributed by atoms with Crippen molar-refractivity contribution in [3.8, 4) is 5.75 Å². The van der Waals surface area contributed by atoms with E-state index in [1.165, 1.54) is 11.3 Å². The molecule has 1 N–H and O–H groups in total. The van der Waals surface area contributed by atoms with E-state index in [1.54, 1.807) is 0 Å². The van der Waals surface area contributed by atoms with Gasteiger partial charge in [-0.05, 0) is 56.4 Å². The van der Waals surface area contributed by atoms with Crippen LogP contribution in [0.4, 0.5) is 5.69 Å². The quantitative estimate of drug-likeness (QED) is 0.882. The second-order valence-electron chi connectivity index (χ2n) is 5.93. The van der Waals surface area contributed by atoms with Gasteiger partial charge < -0.3 is 14.8 Å². The van der Waals surface area contributed by atoms with E-state index in [0.29, 0.717) is 24.7 Å². The van der Waals surface area contributed by atoms with Gasteiger partial charge in [-0.15, -0.1) is 0 Å². The lowest BCUT2D eigenvalue weighted by atomic mass is 9.95. The smallest absolute Gasteiger partial charge is 0.119 e. The summed E-state index contributed by atoms with van der Waals surface area (Å²) in [4.78, 5) is 0. The van der Waals surface area contributed by atoms with Crippen molar-refractivity contribution in [2.24, 2.45) is 5.92 Å². The van der Waals surface area contributed by atoms with Crippen LogP contribution in [-0.2, 0) is 4.74 Å². The van der Waals surface area contributed by atoms with Gasteiger partial charge in [-0.2, -0.15) is 0 Å². The van der Waals surface area contributed by atoms with Crippen LogP contribution in [0.1, 0.15) is 39.2 Å². The van der Waals surface area contributed by atoms with Crippen molar-refractivity contribution >= 4 is 5.69 Å². The highest BCUT2D eigenvalue weighted by Crippen LogP contribution is 2.26. The van der Waals surface area contributed by atoms with Crippen molar-refractivity contribution in [1.82, 2.24) is 0 Å². The van der Waals surface area contributed by atoms with Gasteiger partial charge in [0.2, 0.25) is 0 Å². The van der Waals surface area contributed by atoms with E-state index in [2.05, 4.69) is 38.2 Å². The molecular formula is C17H27NO2. The molecule has 2 atom stereocenters. The van der Waals surface area contributed by atoms with Crippen LogP contribution >= 0.6 is 0 Å². The maximum absolute atomic E-state index is 5.83. The van der Waals surface area contributed by atoms with Crippen molar-refractivity contribution in [2.75, 3.05) is 18.5 Å². The molecular weight excluding hydrogens is 250 g/mol.